The lowest BCUT2D eigenvalue weighted by atomic mass is 10.1. The molecule has 4 rings (SSSR count). The molecule has 0 radical (unpaired) electrons. The fourth-order valence-corrected chi connectivity index (χ4v) is 3.15. The molecule has 0 bridgehead atoms. The summed E-state index contributed by atoms with van der Waals surface area (Å²) >= 11 is 0. The Kier molecular flexibility index (Phi) is 3.63. The topological polar surface area (TPSA) is 53.9 Å². The maximum Gasteiger partial charge on any atom is 0.0944 e. The molecule has 1 aliphatic rings. The van der Waals surface area contributed by atoms with Crippen molar-refractivity contribution >= 4 is 16.6 Å². The predicted octanol–water partition coefficient (Wildman–Crippen LogP) is 2.49. The van der Waals surface area contributed by atoms with Crippen LogP contribution in [0, 0.1) is 0 Å². The van der Waals surface area contributed by atoms with E-state index in [0.29, 0.717) is 6.04 Å². The van der Waals surface area contributed by atoms with Crippen LogP contribution >= 0.6 is 0 Å². The molecule has 0 aliphatic carbocycles. The van der Waals surface area contributed by atoms with Crippen molar-refractivity contribution in [3.05, 3.63) is 49.1 Å². The van der Waals surface area contributed by atoms with E-state index in [-0.39, 0.29) is 0 Å². The summed E-state index contributed by atoms with van der Waals surface area (Å²) in [5.41, 5.74) is 4.20. The van der Waals surface area contributed by atoms with Crippen LogP contribution in [0.4, 0.5) is 5.69 Å². The van der Waals surface area contributed by atoms with Gasteiger partial charge in [-0.25, -0.2) is 4.98 Å². The second kappa shape index (κ2) is 5.93. The number of nitrogens with zero attached hydrogens (tertiary/aromatic N) is 4. The Morgan fingerprint density at radius 1 is 1.13 bits per heavy atom. The molecule has 0 amide bonds. The molecule has 1 saturated heterocycles. The van der Waals surface area contributed by atoms with E-state index in [4.69, 9.17) is 4.98 Å². The minimum absolute atomic E-state index is 0.436. The fraction of sp³-hybridized carbons (Fsp3) is 0.278. The molecule has 1 fully saturated rings. The normalized spacial score (nSPS) is 18.3. The van der Waals surface area contributed by atoms with Gasteiger partial charge < -0.3 is 10.2 Å². The molecule has 5 heteroatoms. The molecule has 3 aromatic rings. The van der Waals surface area contributed by atoms with Crippen LogP contribution in [0.25, 0.3) is 22.2 Å². The number of fused-ring (bicyclic) bond motifs is 1. The van der Waals surface area contributed by atoms with Crippen LogP contribution in [-0.4, -0.2) is 40.6 Å². The summed E-state index contributed by atoms with van der Waals surface area (Å²) in [7, 11) is 0. The van der Waals surface area contributed by atoms with Crippen molar-refractivity contribution in [1.29, 1.82) is 0 Å². The number of aromatic nitrogens is 3. The maximum absolute atomic E-state index is 4.90. The number of hydrogen-bond acceptors (Lipinski definition) is 5. The lowest BCUT2D eigenvalue weighted by Crippen LogP contribution is -2.50. The van der Waals surface area contributed by atoms with Crippen molar-refractivity contribution in [1.82, 2.24) is 20.3 Å². The number of nitrogens with one attached hydrogen (secondary N) is 1. The van der Waals surface area contributed by atoms with Crippen LogP contribution in [-0.2, 0) is 0 Å². The van der Waals surface area contributed by atoms with E-state index < -0.39 is 0 Å². The highest BCUT2D eigenvalue weighted by Crippen LogP contribution is 2.33. The Bertz CT molecular complexity index is 818. The summed E-state index contributed by atoms with van der Waals surface area (Å²) in [6.07, 6.45) is 7.27. The Morgan fingerprint density at radius 2 is 1.96 bits per heavy atom. The summed E-state index contributed by atoms with van der Waals surface area (Å²) in [6.45, 7) is 5.22. The molecule has 4 heterocycles. The number of hydrogen-bond donors (Lipinski definition) is 1. The van der Waals surface area contributed by atoms with Gasteiger partial charge in [0.15, 0.2) is 0 Å². The first-order valence-corrected chi connectivity index (χ1v) is 7.95. The SMILES string of the molecule is CC1CNCCN1c1cc2ccncc2nc1-c1ccncc1. The van der Waals surface area contributed by atoms with Crippen molar-refractivity contribution in [3.8, 4) is 11.3 Å². The van der Waals surface area contributed by atoms with Gasteiger partial charge in [0, 0.05) is 55.2 Å². The highest BCUT2D eigenvalue weighted by molar-refractivity contribution is 5.88. The average Bonchev–Trinajstić information content (AvgIpc) is 2.62. The van der Waals surface area contributed by atoms with Gasteiger partial charge in [-0.05, 0) is 31.2 Å². The zero-order valence-electron chi connectivity index (χ0n) is 13.1. The lowest BCUT2D eigenvalue weighted by molar-refractivity contribution is 0.501. The largest absolute Gasteiger partial charge is 0.364 e. The van der Waals surface area contributed by atoms with Gasteiger partial charge in [0.25, 0.3) is 0 Å². The monoisotopic (exact) mass is 305 g/mol. The first kappa shape index (κ1) is 14.1. The van der Waals surface area contributed by atoms with Crippen LogP contribution in [0.15, 0.2) is 49.1 Å². The lowest BCUT2D eigenvalue weighted by Gasteiger charge is -2.37. The van der Waals surface area contributed by atoms with Crippen molar-refractivity contribution in [2.24, 2.45) is 0 Å². The van der Waals surface area contributed by atoms with E-state index in [1.165, 1.54) is 5.69 Å². The summed E-state index contributed by atoms with van der Waals surface area (Å²) in [5.74, 6) is 0. The molecular formula is C18H19N5. The number of rotatable bonds is 2. The van der Waals surface area contributed by atoms with Crippen molar-refractivity contribution in [2.45, 2.75) is 13.0 Å². The first-order valence-electron chi connectivity index (χ1n) is 7.95. The summed E-state index contributed by atoms with van der Waals surface area (Å²) < 4.78 is 0. The molecular weight excluding hydrogens is 286 g/mol. The highest BCUT2D eigenvalue weighted by atomic mass is 15.2. The summed E-state index contributed by atoms with van der Waals surface area (Å²) in [4.78, 5) is 15.7. The van der Waals surface area contributed by atoms with E-state index in [9.17, 15) is 0 Å². The molecule has 1 unspecified atom stereocenters. The predicted molar refractivity (Wildman–Crippen MR) is 92.4 cm³/mol. The van der Waals surface area contributed by atoms with Crippen LogP contribution in [0.3, 0.4) is 0 Å². The Labute approximate surface area is 135 Å². The second-order valence-electron chi connectivity index (χ2n) is 5.91. The quantitative estimate of drug-likeness (QED) is 0.788. The molecule has 1 aliphatic heterocycles. The van der Waals surface area contributed by atoms with E-state index in [2.05, 4.69) is 33.2 Å². The van der Waals surface area contributed by atoms with Gasteiger partial charge in [0.2, 0.25) is 0 Å². The first-order chi connectivity index (χ1) is 11.3. The van der Waals surface area contributed by atoms with E-state index >= 15 is 0 Å². The van der Waals surface area contributed by atoms with Crippen LogP contribution < -0.4 is 10.2 Å². The minimum atomic E-state index is 0.436. The van der Waals surface area contributed by atoms with E-state index in [0.717, 1.165) is 41.8 Å². The molecule has 1 N–H and O–H groups in total. The molecule has 5 nitrogen and oxygen atoms in total. The van der Waals surface area contributed by atoms with E-state index in [1.54, 1.807) is 0 Å². The third-order valence-corrected chi connectivity index (χ3v) is 4.36. The number of piperazine rings is 1. The van der Waals surface area contributed by atoms with Crippen molar-refractivity contribution in [3.63, 3.8) is 0 Å². The van der Waals surface area contributed by atoms with Gasteiger partial charge in [-0.15, -0.1) is 0 Å². The van der Waals surface area contributed by atoms with Crippen molar-refractivity contribution < 1.29 is 0 Å². The van der Waals surface area contributed by atoms with Crippen LogP contribution in [0.2, 0.25) is 0 Å². The Balaban J connectivity index is 1.92. The van der Waals surface area contributed by atoms with Gasteiger partial charge in [-0.3, -0.25) is 9.97 Å². The average molecular weight is 305 g/mol. The molecule has 0 spiro atoms. The third-order valence-electron chi connectivity index (χ3n) is 4.36. The fourth-order valence-electron chi connectivity index (χ4n) is 3.15. The van der Waals surface area contributed by atoms with Crippen molar-refractivity contribution in [2.75, 3.05) is 24.5 Å². The Morgan fingerprint density at radius 3 is 2.78 bits per heavy atom. The van der Waals surface area contributed by atoms with Crippen LogP contribution in [0.1, 0.15) is 6.92 Å². The van der Waals surface area contributed by atoms with Crippen LogP contribution in [0.5, 0.6) is 0 Å². The smallest absolute Gasteiger partial charge is 0.0944 e. The van der Waals surface area contributed by atoms with Gasteiger partial charge in [0.1, 0.15) is 0 Å². The molecule has 116 valence electrons. The summed E-state index contributed by atoms with van der Waals surface area (Å²) in [5, 5.41) is 4.57. The zero-order valence-corrected chi connectivity index (χ0v) is 13.1. The molecule has 1 atom stereocenters. The molecule has 0 saturated carbocycles. The second-order valence-corrected chi connectivity index (χ2v) is 5.91. The third kappa shape index (κ3) is 2.64. The molecule has 23 heavy (non-hydrogen) atoms. The zero-order chi connectivity index (χ0) is 15.6. The minimum Gasteiger partial charge on any atom is -0.364 e. The van der Waals surface area contributed by atoms with E-state index in [1.807, 2.05) is 43.0 Å². The summed E-state index contributed by atoms with van der Waals surface area (Å²) in [6, 6.07) is 8.73. The number of pyridine rings is 3. The standard InChI is InChI=1S/C18H19N5/c1-13-11-21-8-9-23(13)17-10-15-4-7-20-12-16(15)22-18(17)14-2-5-19-6-3-14/h2-7,10,12-13,21H,8-9,11H2,1H3. The Hall–Kier alpha value is -2.53. The van der Waals surface area contributed by atoms with Gasteiger partial charge in [-0.1, -0.05) is 0 Å². The maximum atomic E-state index is 4.90. The molecule has 0 aromatic carbocycles. The van der Waals surface area contributed by atoms with Gasteiger partial charge >= 0.3 is 0 Å². The highest BCUT2D eigenvalue weighted by Gasteiger charge is 2.22. The number of anilines is 1. The molecule has 3 aromatic heterocycles. The van der Waals surface area contributed by atoms with Gasteiger partial charge in [0.05, 0.1) is 23.1 Å². The van der Waals surface area contributed by atoms with Gasteiger partial charge in [-0.2, -0.15) is 0 Å².